The zero-order chi connectivity index (χ0) is 18.0. The van der Waals surface area contributed by atoms with Gasteiger partial charge in [0.25, 0.3) is 5.56 Å². The number of halogens is 1. The number of aryl methyl sites for hydroxylation is 1. The Balaban J connectivity index is 2.03. The Kier molecular flexibility index (Phi) is 5.01. The number of H-pyrrole nitrogens is 1. The number of carbonyl (C=O) groups is 1. The predicted molar refractivity (Wildman–Crippen MR) is 101 cm³/mol. The number of aromatic amines is 1. The van der Waals surface area contributed by atoms with Crippen LogP contribution in [0.2, 0.25) is 5.02 Å². The number of aromatic nitrogens is 2. The number of nitrogens with one attached hydrogen (secondary N) is 1. The van der Waals surface area contributed by atoms with Gasteiger partial charge in [0, 0.05) is 5.02 Å². The molecule has 0 atom stereocenters. The fraction of sp³-hybridized carbons (Fsp3) is 0.167. The maximum absolute atomic E-state index is 12.4. The Labute approximate surface area is 152 Å². The first kappa shape index (κ1) is 17.4. The highest BCUT2D eigenvalue weighted by molar-refractivity contribution is 7.20. The van der Waals surface area contributed by atoms with Crippen LogP contribution in [-0.4, -0.2) is 22.5 Å². The van der Waals surface area contributed by atoms with E-state index in [0.29, 0.717) is 31.5 Å². The highest BCUT2D eigenvalue weighted by Crippen LogP contribution is 2.28. The van der Waals surface area contributed by atoms with E-state index in [2.05, 4.69) is 9.97 Å². The van der Waals surface area contributed by atoms with E-state index < -0.39 is 5.97 Å². The van der Waals surface area contributed by atoms with Gasteiger partial charge in [0.1, 0.15) is 15.5 Å². The monoisotopic (exact) mass is 374 g/mol. The number of fused-ring (bicyclic) bond motifs is 1. The minimum atomic E-state index is -0.435. The molecule has 0 fully saturated rings. The molecule has 5 nitrogen and oxygen atoms in total. The molecular weight excluding hydrogens is 360 g/mol. The highest BCUT2D eigenvalue weighted by atomic mass is 35.5. The lowest BCUT2D eigenvalue weighted by Crippen LogP contribution is -2.10. The van der Waals surface area contributed by atoms with Crippen LogP contribution >= 0.6 is 22.9 Å². The van der Waals surface area contributed by atoms with Gasteiger partial charge in [-0.15, -0.1) is 11.3 Å². The largest absolute Gasteiger partial charge is 0.462 e. The molecule has 1 N–H and O–H groups in total. The van der Waals surface area contributed by atoms with Crippen LogP contribution in [0.5, 0.6) is 0 Å². The molecule has 0 saturated heterocycles. The SMILES string of the molecule is CCOC(=O)c1sc2nc(/C=C/c3ccccc3Cl)[nH]c(=O)c2c1C. The Hall–Kier alpha value is -2.44. The molecule has 0 aliphatic carbocycles. The van der Waals surface area contributed by atoms with E-state index in [1.807, 2.05) is 18.2 Å². The van der Waals surface area contributed by atoms with Crippen LogP contribution in [-0.2, 0) is 4.74 Å². The summed E-state index contributed by atoms with van der Waals surface area (Å²) in [6.07, 6.45) is 3.46. The van der Waals surface area contributed by atoms with Crippen LogP contribution in [0.15, 0.2) is 29.1 Å². The van der Waals surface area contributed by atoms with E-state index in [0.717, 1.165) is 16.9 Å². The molecule has 0 saturated carbocycles. The van der Waals surface area contributed by atoms with Crippen molar-refractivity contribution in [1.29, 1.82) is 0 Å². The van der Waals surface area contributed by atoms with Crippen molar-refractivity contribution in [1.82, 2.24) is 9.97 Å². The van der Waals surface area contributed by atoms with Crippen molar-refractivity contribution in [2.24, 2.45) is 0 Å². The molecular formula is C18H15ClN2O3S. The molecule has 0 aliphatic rings. The van der Waals surface area contributed by atoms with Crippen LogP contribution < -0.4 is 5.56 Å². The van der Waals surface area contributed by atoms with Crippen molar-refractivity contribution in [3.05, 3.63) is 61.5 Å². The second-order valence-corrected chi connectivity index (χ2v) is 6.67. The number of nitrogens with zero attached hydrogens (tertiary/aromatic N) is 1. The minimum Gasteiger partial charge on any atom is -0.462 e. The summed E-state index contributed by atoms with van der Waals surface area (Å²) < 4.78 is 5.03. The Morgan fingerprint density at radius 2 is 2.12 bits per heavy atom. The lowest BCUT2D eigenvalue weighted by molar-refractivity contribution is 0.0531. The van der Waals surface area contributed by atoms with Crippen molar-refractivity contribution in [3.63, 3.8) is 0 Å². The van der Waals surface area contributed by atoms with Gasteiger partial charge in [-0.3, -0.25) is 4.79 Å². The molecule has 1 aromatic carbocycles. The molecule has 2 heterocycles. The van der Waals surface area contributed by atoms with Crippen molar-refractivity contribution in [2.45, 2.75) is 13.8 Å². The molecule has 25 heavy (non-hydrogen) atoms. The average molecular weight is 375 g/mol. The third-order valence-electron chi connectivity index (χ3n) is 3.61. The molecule has 0 radical (unpaired) electrons. The molecule has 3 rings (SSSR count). The van der Waals surface area contributed by atoms with Crippen LogP contribution in [0.3, 0.4) is 0 Å². The zero-order valence-corrected chi connectivity index (χ0v) is 15.2. The molecule has 0 aliphatic heterocycles. The zero-order valence-electron chi connectivity index (χ0n) is 13.6. The number of carbonyl (C=O) groups excluding carboxylic acids is 1. The Morgan fingerprint density at radius 1 is 1.36 bits per heavy atom. The average Bonchev–Trinajstić information content (AvgIpc) is 2.92. The van der Waals surface area contributed by atoms with Crippen molar-refractivity contribution in [3.8, 4) is 0 Å². The van der Waals surface area contributed by atoms with Crippen LogP contribution in [0, 0.1) is 6.92 Å². The summed E-state index contributed by atoms with van der Waals surface area (Å²) in [6.45, 7) is 3.74. The van der Waals surface area contributed by atoms with E-state index in [-0.39, 0.29) is 12.2 Å². The summed E-state index contributed by atoms with van der Waals surface area (Å²) in [6, 6.07) is 7.37. The Morgan fingerprint density at radius 3 is 2.84 bits per heavy atom. The Bertz CT molecular complexity index is 1040. The van der Waals surface area contributed by atoms with Crippen LogP contribution in [0.25, 0.3) is 22.4 Å². The van der Waals surface area contributed by atoms with Gasteiger partial charge in [-0.1, -0.05) is 29.8 Å². The number of rotatable bonds is 4. The number of esters is 1. The summed E-state index contributed by atoms with van der Waals surface area (Å²) in [5, 5.41) is 1.03. The first-order chi connectivity index (χ1) is 12.0. The molecule has 0 bridgehead atoms. The van der Waals surface area contributed by atoms with Gasteiger partial charge >= 0.3 is 5.97 Å². The van der Waals surface area contributed by atoms with Crippen molar-refractivity contribution in [2.75, 3.05) is 6.61 Å². The van der Waals surface area contributed by atoms with Gasteiger partial charge < -0.3 is 9.72 Å². The van der Waals surface area contributed by atoms with Gasteiger partial charge in [0.2, 0.25) is 0 Å². The predicted octanol–water partition coefficient (Wildman–Crippen LogP) is 4.29. The maximum atomic E-state index is 12.4. The summed E-state index contributed by atoms with van der Waals surface area (Å²) >= 11 is 7.27. The van der Waals surface area contributed by atoms with E-state index in [9.17, 15) is 9.59 Å². The number of hydrogen-bond donors (Lipinski definition) is 1. The highest BCUT2D eigenvalue weighted by Gasteiger charge is 2.19. The fourth-order valence-corrected chi connectivity index (χ4v) is 3.69. The van der Waals surface area contributed by atoms with Crippen molar-refractivity contribution < 1.29 is 9.53 Å². The van der Waals surface area contributed by atoms with Gasteiger partial charge in [-0.25, -0.2) is 9.78 Å². The second kappa shape index (κ2) is 7.21. The topological polar surface area (TPSA) is 72.0 Å². The van der Waals surface area contributed by atoms with Gasteiger partial charge in [0.05, 0.1) is 12.0 Å². The van der Waals surface area contributed by atoms with Gasteiger partial charge in [-0.05, 0) is 43.2 Å². The maximum Gasteiger partial charge on any atom is 0.348 e. The molecule has 0 spiro atoms. The smallest absolute Gasteiger partial charge is 0.348 e. The first-order valence-electron chi connectivity index (χ1n) is 7.64. The molecule has 0 amide bonds. The van der Waals surface area contributed by atoms with E-state index >= 15 is 0 Å². The number of hydrogen-bond acceptors (Lipinski definition) is 5. The molecule has 7 heteroatoms. The van der Waals surface area contributed by atoms with Gasteiger partial charge in [-0.2, -0.15) is 0 Å². The standard InChI is InChI=1S/C18H15ClN2O3S/c1-3-24-18(23)15-10(2)14-16(22)20-13(21-17(14)25-15)9-8-11-6-4-5-7-12(11)19/h4-9H,3H2,1-2H3,(H,20,21,22)/b9-8+. The van der Waals surface area contributed by atoms with Crippen molar-refractivity contribution >= 4 is 51.3 Å². The normalized spacial score (nSPS) is 11.3. The van der Waals surface area contributed by atoms with Crippen LogP contribution in [0.4, 0.5) is 0 Å². The second-order valence-electron chi connectivity index (χ2n) is 5.26. The summed E-state index contributed by atoms with van der Waals surface area (Å²) in [5.74, 6) is -0.0374. The number of benzene rings is 1. The number of thiophene rings is 1. The van der Waals surface area contributed by atoms with E-state index in [4.69, 9.17) is 16.3 Å². The van der Waals surface area contributed by atoms with Crippen LogP contribution in [0.1, 0.15) is 33.5 Å². The lowest BCUT2D eigenvalue weighted by Gasteiger charge is -1.99. The first-order valence-corrected chi connectivity index (χ1v) is 8.84. The fourth-order valence-electron chi connectivity index (χ4n) is 2.41. The van der Waals surface area contributed by atoms with E-state index in [1.54, 1.807) is 32.1 Å². The van der Waals surface area contributed by atoms with Gasteiger partial charge in [0.15, 0.2) is 0 Å². The minimum absolute atomic E-state index is 0.280. The summed E-state index contributed by atoms with van der Waals surface area (Å²) in [5.41, 5.74) is 1.13. The summed E-state index contributed by atoms with van der Waals surface area (Å²) in [7, 11) is 0. The molecule has 2 aromatic heterocycles. The van der Waals surface area contributed by atoms with E-state index in [1.165, 1.54) is 0 Å². The molecule has 128 valence electrons. The summed E-state index contributed by atoms with van der Waals surface area (Å²) in [4.78, 5) is 32.5. The third-order valence-corrected chi connectivity index (χ3v) is 5.12. The lowest BCUT2D eigenvalue weighted by atomic mass is 10.2. The number of ether oxygens (including phenoxy) is 1. The molecule has 0 unspecified atom stereocenters. The third kappa shape index (κ3) is 3.50. The quantitative estimate of drug-likeness (QED) is 0.691. The molecule has 3 aromatic rings.